The maximum atomic E-state index is 13.1. The van der Waals surface area contributed by atoms with Crippen molar-refractivity contribution in [1.82, 2.24) is 14.7 Å². The van der Waals surface area contributed by atoms with Gasteiger partial charge in [-0.25, -0.2) is 4.68 Å². The van der Waals surface area contributed by atoms with Crippen LogP contribution in [0.4, 0.5) is 5.82 Å². The molecule has 0 saturated heterocycles. The molecular formula is C29H38N4O2. The van der Waals surface area contributed by atoms with Crippen molar-refractivity contribution in [2.24, 2.45) is 0 Å². The molecule has 1 N–H and O–H groups in total. The molecule has 3 rings (SSSR count). The molecule has 0 aliphatic heterocycles. The Bertz CT molecular complexity index is 1050. The van der Waals surface area contributed by atoms with E-state index in [-0.39, 0.29) is 18.4 Å². The Kier molecular flexibility index (Phi) is 10.6. The normalized spacial score (nSPS) is 10.8. The number of nitrogens with zero attached hydrogens (tertiary/aromatic N) is 3. The molecule has 0 bridgehead atoms. The summed E-state index contributed by atoms with van der Waals surface area (Å²) in [5.74, 6) is 0.436. The minimum Gasteiger partial charge on any atom is -0.333 e. The molecular weight excluding hydrogens is 436 g/mol. The van der Waals surface area contributed by atoms with Crippen LogP contribution in [-0.4, -0.2) is 39.6 Å². The predicted molar refractivity (Wildman–Crippen MR) is 142 cm³/mol. The molecule has 0 radical (unpaired) electrons. The minimum absolute atomic E-state index is 0.0500. The Morgan fingerprint density at radius 3 is 2.20 bits per heavy atom. The zero-order chi connectivity index (χ0) is 24.9. The quantitative estimate of drug-likeness (QED) is 0.272. The smallest absolute Gasteiger partial charge is 0.245 e. The summed E-state index contributed by atoms with van der Waals surface area (Å²) >= 11 is 0. The van der Waals surface area contributed by atoms with Crippen LogP contribution in [0.15, 0.2) is 66.7 Å². The van der Waals surface area contributed by atoms with Crippen molar-refractivity contribution in [3.8, 4) is 16.9 Å². The van der Waals surface area contributed by atoms with E-state index in [2.05, 4.69) is 19.2 Å². The Hall–Kier alpha value is -3.41. The molecule has 0 spiro atoms. The van der Waals surface area contributed by atoms with Crippen LogP contribution in [0, 0.1) is 0 Å². The maximum Gasteiger partial charge on any atom is 0.245 e. The largest absolute Gasteiger partial charge is 0.333 e. The molecule has 1 heterocycles. The van der Waals surface area contributed by atoms with Gasteiger partial charge in [-0.15, -0.1) is 0 Å². The number of benzene rings is 2. The first-order chi connectivity index (χ1) is 17.1. The van der Waals surface area contributed by atoms with Crippen molar-refractivity contribution in [1.29, 1.82) is 0 Å². The molecule has 0 aliphatic carbocycles. The predicted octanol–water partition coefficient (Wildman–Crippen LogP) is 6.47. The Morgan fingerprint density at radius 2 is 1.51 bits per heavy atom. The van der Waals surface area contributed by atoms with E-state index >= 15 is 0 Å². The number of anilines is 1. The fraction of sp³-hybridized carbons (Fsp3) is 0.414. The topological polar surface area (TPSA) is 67.2 Å². The van der Waals surface area contributed by atoms with Crippen molar-refractivity contribution >= 4 is 17.6 Å². The van der Waals surface area contributed by atoms with Gasteiger partial charge in [-0.05, 0) is 25.0 Å². The van der Waals surface area contributed by atoms with Crippen molar-refractivity contribution in [2.75, 3.05) is 18.4 Å². The summed E-state index contributed by atoms with van der Waals surface area (Å²) in [5, 5.41) is 7.77. The third kappa shape index (κ3) is 8.09. The van der Waals surface area contributed by atoms with Gasteiger partial charge in [0.2, 0.25) is 11.8 Å². The number of rotatable bonds is 14. The number of carbonyl (C=O) groups excluding carboxylic acids is 2. The molecule has 0 atom stereocenters. The third-order valence-corrected chi connectivity index (χ3v) is 6.01. The van der Waals surface area contributed by atoms with Crippen molar-refractivity contribution in [3.63, 3.8) is 0 Å². The molecule has 3 aromatic rings. The highest BCUT2D eigenvalue weighted by Gasteiger charge is 2.19. The molecule has 0 aliphatic rings. The van der Waals surface area contributed by atoms with Crippen molar-refractivity contribution in [2.45, 2.75) is 65.2 Å². The first-order valence-corrected chi connectivity index (χ1v) is 12.9. The van der Waals surface area contributed by atoms with E-state index in [0.29, 0.717) is 18.8 Å². The number of hydrogen-bond acceptors (Lipinski definition) is 3. The van der Waals surface area contributed by atoms with Gasteiger partial charge in [0.25, 0.3) is 0 Å². The van der Waals surface area contributed by atoms with Crippen LogP contribution in [-0.2, 0) is 9.59 Å². The van der Waals surface area contributed by atoms with Gasteiger partial charge in [-0.3, -0.25) is 9.59 Å². The molecule has 35 heavy (non-hydrogen) atoms. The average molecular weight is 475 g/mol. The number of nitrogens with one attached hydrogen (secondary N) is 1. The fourth-order valence-electron chi connectivity index (χ4n) is 4.02. The third-order valence-electron chi connectivity index (χ3n) is 6.01. The summed E-state index contributed by atoms with van der Waals surface area (Å²) in [6.45, 7) is 4.93. The second kappa shape index (κ2) is 14.1. The fourth-order valence-corrected chi connectivity index (χ4v) is 4.02. The molecule has 6 heteroatoms. The first-order valence-electron chi connectivity index (χ1n) is 12.9. The zero-order valence-electron chi connectivity index (χ0n) is 21.1. The van der Waals surface area contributed by atoms with Crippen LogP contribution < -0.4 is 5.32 Å². The summed E-state index contributed by atoms with van der Waals surface area (Å²) in [6, 6.07) is 21.5. The lowest BCUT2D eigenvalue weighted by Crippen LogP contribution is -2.38. The van der Waals surface area contributed by atoms with Gasteiger partial charge in [-0.1, -0.05) is 94.5 Å². The van der Waals surface area contributed by atoms with Gasteiger partial charge in [0.1, 0.15) is 5.82 Å². The van der Waals surface area contributed by atoms with E-state index in [9.17, 15) is 9.59 Å². The molecule has 2 aromatic carbocycles. The second-order valence-electron chi connectivity index (χ2n) is 8.91. The molecule has 6 nitrogen and oxygen atoms in total. The standard InChI is InChI=1S/C29H38N4O2/c1-3-5-7-8-15-20-29(35)32(21-6-4-2)23-28(34)30-27-22-26(24-16-11-9-12-17-24)31-33(27)25-18-13-10-14-19-25/h9-14,16-19,22H,3-8,15,20-21,23H2,1-2H3,(H,30,34). The number of amides is 2. The van der Waals surface area contributed by atoms with Crippen LogP contribution in [0.1, 0.15) is 65.2 Å². The van der Waals surface area contributed by atoms with E-state index in [0.717, 1.165) is 49.0 Å². The summed E-state index contributed by atoms with van der Waals surface area (Å²) < 4.78 is 1.74. The minimum atomic E-state index is -0.211. The molecule has 0 unspecified atom stereocenters. The summed E-state index contributed by atoms with van der Waals surface area (Å²) in [4.78, 5) is 27.7. The first kappa shape index (κ1) is 26.2. The summed E-state index contributed by atoms with van der Waals surface area (Å²) in [6.07, 6.45) is 7.85. The molecule has 0 saturated carbocycles. The van der Waals surface area contributed by atoms with Crippen molar-refractivity contribution < 1.29 is 9.59 Å². The second-order valence-corrected chi connectivity index (χ2v) is 8.91. The van der Waals surface area contributed by atoms with Gasteiger partial charge in [0.15, 0.2) is 0 Å². The number of para-hydroxylation sites is 1. The Morgan fingerprint density at radius 1 is 0.857 bits per heavy atom. The highest BCUT2D eigenvalue weighted by atomic mass is 16.2. The Balaban J connectivity index is 1.72. The van der Waals surface area contributed by atoms with E-state index in [1.54, 1.807) is 9.58 Å². The van der Waals surface area contributed by atoms with Gasteiger partial charge in [0.05, 0.1) is 17.9 Å². The van der Waals surface area contributed by atoms with E-state index in [1.807, 2.05) is 66.7 Å². The summed E-state index contributed by atoms with van der Waals surface area (Å²) in [5.41, 5.74) is 2.60. The van der Waals surface area contributed by atoms with Crippen LogP contribution in [0.3, 0.4) is 0 Å². The molecule has 186 valence electrons. The summed E-state index contributed by atoms with van der Waals surface area (Å²) in [7, 11) is 0. The lowest BCUT2D eigenvalue weighted by molar-refractivity contribution is -0.134. The van der Waals surface area contributed by atoms with Gasteiger partial charge in [-0.2, -0.15) is 5.10 Å². The Labute approximate surface area is 209 Å². The number of unbranched alkanes of at least 4 members (excludes halogenated alkanes) is 5. The monoisotopic (exact) mass is 474 g/mol. The van der Waals surface area contributed by atoms with Crippen LogP contribution in [0.2, 0.25) is 0 Å². The number of aromatic nitrogens is 2. The van der Waals surface area contributed by atoms with E-state index in [4.69, 9.17) is 5.10 Å². The average Bonchev–Trinajstić information content (AvgIpc) is 3.31. The molecule has 0 fully saturated rings. The lowest BCUT2D eigenvalue weighted by atomic mass is 10.1. The number of carbonyl (C=O) groups is 2. The van der Waals surface area contributed by atoms with Crippen LogP contribution in [0.5, 0.6) is 0 Å². The highest BCUT2D eigenvalue weighted by Crippen LogP contribution is 2.24. The van der Waals surface area contributed by atoms with E-state index in [1.165, 1.54) is 12.8 Å². The lowest BCUT2D eigenvalue weighted by Gasteiger charge is -2.22. The van der Waals surface area contributed by atoms with Crippen molar-refractivity contribution in [3.05, 3.63) is 66.7 Å². The van der Waals surface area contributed by atoms with Crippen LogP contribution in [0.25, 0.3) is 16.9 Å². The van der Waals surface area contributed by atoms with Gasteiger partial charge < -0.3 is 10.2 Å². The number of hydrogen-bond donors (Lipinski definition) is 1. The zero-order valence-corrected chi connectivity index (χ0v) is 21.1. The molecule has 1 aromatic heterocycles. The maximum absolute atomic E-state index is 13.1. The van der Waals surface area contributed by atoms with Crippen LogP contribution >= 0.6 is 0 Å². The van der Waals surface area contributed by atoms with Gasteiger partial charge >= 0.3 is 0 Å². The van der Waals surface area contributed by atoms with E-state index < -0.39 is 0 Å². The highest BCUT2D eigenvalue weighted by molar-refractivity contribution is 5.94. The SMILES string of the molecule is CCCCCCCC(=O)N(CCCC)CC(=O)Nc1cc(-c2ccccc2)nn1-c1ccccc1. The van der Waals surface area contributed by atoms with Gasteiger partial charge in [0, 0.05) is 24.6 Å². The molecule has 2 amide bonds.